The molecule has 8 heteroatoms. The number of ether oxygens (including phenoxy) is 2. The summed E-state index contributed by atoms with van der Waals surface area (Å²) in [6.07, 6.45) is 0.553. The fraction of sp³-hybridized carbons (Fsp3) is 0.500. The lowest BCUT2D eigenvalue weighted by molar-refractivity contribution is -0.159. The normalized spacial score (nSPS) is 26.9. The molecule has 112 valence electrons. The molecule has 1 aliphatic rings. The SMILES string of the molecule is CS(=O)(=O)OC[C@@H]1COC(CBr)(c2ccc(Cl)cc2)O1. The van der Waals surface area contributed by atoms with Crippen molar-refractivity contribution in [3.05, 3.63) is 34.9 Å². The fourth-order valence-electron chi connectivity index (χ4n) is 1.85. The van der Waals surface area contributed by atoms with Crippen molar-refractivity contribution in [3.63, 3.8) is 0 Å². The highest BCUT2D eigenvalue weighted by atomic mass is 79.9. The maximum atomic E-state index is 11.0. The number of halogens is 2. The lowest BCUT2D eigenvalue weighted by Crippen LogP contribution is -2.31. The molecular weight excluding hydrogens is 372 g/mol. The third-order valence-electron chi connectivity index (χ3n) is 2.79. The summed E-state index contributed by atoms with van der Waals surface area (Å²) < 4.78 is 38.2. The van der Waals surface area contributed by atoms with Crippen molar-refractivity contribution in [3.8, 4) is 0 Å². The summed E-state index contributed by atoms with van der Waals surface area (Å²) in [6.45, 7) is 0.185. The molecule has 0 radical (unpaired) electrons. The van der Waals surface area contributed by atoms with Crippen LogP contribution in [0.5, 0.6) is 0 Å². The van der Waals surface area contributed by atoms with Crippen LogP contribution in [0.4, 0.5) is 0 Å². The first-order chi connectivity index (χ1) is 9.35. The zero-order valence-electron chi connectivity index (χ0n) is 10.7. The van der Waals surface area contributed by atoms with Crippen LogP contribution in [0.15, 0.2) is 24.3 Å². The molecule has 1 heterocycles. The minimum Gasteiger partial charge on any atom is -0.342 e. The molecule has 2 atom stereocenters. The zero-order chi connectivity index (χ0) is 14.8. The molecule has 0 N–H and O–H groups in total. The fourth-order valence-corrected chi connectivity index (χ4v) is 2.99. The Morgan fingerprint density at radius 1 is 1.45 bits per heavy atom. The van der Waals surface area contributed by atoms with Gasteiger partial charge in [0.25, 0.3) is 10.1 Å². The molecular formula is C12H14BrClO5S. The van der Waals surface area contributed by atoms with E-state index in [0.29, 0.717) is 10.4 Å². The van der Waals surface area contributed by atoms with Crippen molar-refractivity contribution in [2.45, 2.75) is 11.9 Å². The predicted octanol–water partition coefficient (Wildman–Crippen LogP) is 2.28. The van der Waals surface area contributed by atoms with E-state index in [0.717, 1.165) is 11.8 Å². The van der Waals surface area contributed by atoms with Gasteiger partial charge in [-0.05, 0) is 12.1 Å². The average molecular weight is 386 g/mol. The predicted molar refractivity (Wildman–Crippen MR) is 78.5 cm³/mol. The molecule has 1 aromatic rings. The molecule has 0 spiro atoms. The highest BCUT2D eigenvalue weighted by Gasteiger charge is 2.42. The van der Waals surface area contributed by atoms with Crippen LogP contribution in [-0.2, 0) is 29.6 Å². The van der Waals surface area contributed by atoms with Crippen LogP contribution in [0.3, 0.4) is 0 Å². The van der Waals surface area contributed by atoms with Crippen LogP contribution in [0.2, 0.25) is 5.02 Å². The van der Waals surface area contributed by atoms with Gasteiger partial charge in [-0.2, -0.15) is 8.42 Å². The van der Waals surface area contributed by atoms with Crippen molar-refractivity contribution in [2.24, 2.45) is 0 Å². The number of hydrogen-bond donors (Lipinski definition) is 0. The Kier molecular flexibility index (Phi) is 5.09. The molecule has 1 fully saturated rings. The maximum absolute atomic E-state index is 11.0. The molecule has 1 unspecified atom stereocenters. The Hall–Kier alpha value is -0.180. The molecule has 0 aliphatic carbocycles. The van der Waals surface area contributed by atoms with E-state index < -0.39 is 22.0 Å². The average Bonchev–Trinajstić information content (AvgIpc) is 2.81. The van der Waals surface area contributed by atoms with Gasteiger partial charge in [0.1, 0.15) is 6.10 Å². The number of hydrogen-bond acceptors (Lipinski definition) is 5. The molecule has 5 nitrogen and oxygen atoms in total. The van der Waals surface area contributed by atoms with Crippen molar-refractivity contribution < 1.29 is 22.1 Å². The Morgan fingerprint density at radius 2 is 2.10 bits per heavy atom. The summed E-state index contributed by atoms with van der Waals surface area (Å²) in [5, 5.41) is 1.03. The van der Waals surface area contributed by atoms with E-state index >= 15 is 0 Å². The van der Waals surface area contributed by atoms with Gasteiger partial charge in [-0.25, -0.2) is 0 Å². The van der Waals surface area contributed by atoms with E-state index in [-0.39, 0.29) is 13.2 Å². The van der Waals surface area contributed by atoms with E-state index in [9.17, 15) is 8.42 Å². The van der Waals surface area contributed by atoms with Crippen LogP contribution in [0, 0.1) is 0 Å². The lowest BCUT2D eigenvalue weighted by atomic mass is 10.1. The highest BCUT2D eigenvalue weighted by Crippen LogP contribution is 2.36. The molecule has 0 bridgehead atoms. The smallest absolute Gasteiger partial charge is 0.264 e. The highest BCUT2D eigenvalue weighted by molar-refractivity contribution is 9.09. The minimum absolute atomic E-state index is 0.0683. The van der Waals surface area contributed by atoms with Gasteiger partial charge >= 0.3 is 0 Å². The van der Waals surface area contributed by atoms with Crippen molar-refractivity contribution in [1.29, 1.82) is 0 Å². The van der Waals surface area contributed by atoms with Gasteiger partial charge in [0.2, 0.25) is 5.79 Å². The van der Waals surface area contributed by atoms with Gasteiger partial charge in [-0.15, -0.1) is 0 Å². The molecule has 20 heavy (non-hydrogen) atoms. The standard InChI is InChI=1S/C12H14BrClO5S/c1-20(15,16)18-7-11-6-17-12(8-13,19-11)9-2-4-10(14)5-3-9/h2-5,11H,6-8H2,1H3/t11-,12?/m0/s1. The van der Waals surface area contributed by atoms with E-state index in [1.807, 2.05) is 12.1 Å². The van der Waals surface area contributed by atoms with E-state index in [1.54, 1.807) is 12.1 Å². The molecule has 1 aromatic carbocycles. The van der Waals surface area contributed by atoms with Gasteiger partial charge in [0.05, 0.1) is 24.8 Å². The minimum atomic E-state index is -3.49. The van der Waals surface area contributed by atoms with Crippen molar-refractivity contribution in [2.75, 3.05) is 24.8 Å². The molecule has 0 saturated carbocycles. The van der Waals surface area contributed by atoms with Crippen LogP contribution in [0.1, 0.15) is 5.56 Å². The van der Waals surface area contributed by atoms with E-state index in [4.69, 9.17) is 25.3 Å². The van der Waals surface area contributed by atoms with Gasteiger partial charge < -0.3 is 9.47 Å². The first-order valence-electron chi connectivity index (χ1n) is 5.83. The quantitative estimate of drug-likeness (QED) is 0.575. The Morgan fingerprint density at radius 3 is 2.65 bits per heavy atom. The molecule has 1 saturated heterocycles. The second-order valence-corrected chi connectivity index (χ2v) is 7.07. The summed E-state index contributed by atoms with van der Waals surface area (Å²) in [5.74, 6) is -0.948. The Bertz CT molecular complexity index is 562. The van der Waals surface area contributed by atoms with E-state index in [2.05, 4.69) is 15.9 Å². The topological polar surface area (TPSA) is 61.8 Å². The number of alkyl halides is 1. The van der Waals surface area contributed by atoms with Gasteiger partial charge in [0, 0.05) is 10.6 Å². The largest absolute Gasteiger partial charge is 0.342 e. The van der Waals surface area contributed by atoms with E-state index in [1.165, 1.54) is 0 Å². The van der Waals surface area contributed by atoms with Crippen molar-refractivity contribution >= 4 is 37.6 Å². The molecule has 2 rings (SSSR count). The number of benzene rings is 1. The molecule has 0 amide bonds. The summed E-state index contributed by atoms with van der Waals surface area (Å²) in [7, 11) is -3.49. The van der Waals surface area contributed by atoms with Crippen molar-refractivity contribution in [1.82, 2.24) is 0 Å². The van der Waals surface area contributed by atoms with Crippen LogP contribution in [0.25, 0.3) is 0 Å². The third-order valence-corrected chi connectivity index (χ3v) is 4.34. The zero-order valence-corrected chi connectivity index (χ0v) is 13.9. The van der Waals surface area contributed by atoms with Gasteiger partial charge in [-0.1, -0.05) is 39.7 Å². The lowest BCUT2D eigenvalue weighted by Gasteiger charge is -2.26. The second-order valence-electron chi connectivity index (χ2n) is 4.43. The summed E-state index contributed by atoms with van der Waals surface area (Å²) in [6, 6.07) is 7.11. The van der Waals surface area contributed by atoms with Crippen LogP contribution < -0.4 is 0 Å². The summed E-state index contributed by atoms with van der Waals surface area (Å²) in [4.78, 5) is 0. The van der Waals surface area contributed by atoms with Crippen LogP contribution in [-0.4, -0.2) is 39.3 Å². The second kappa shape index (κ2) is 6.29. The summed E-state index contributed by atoms with van der Waals surface area (Å²) >= 11 is 9.22. The first kappa shape index (κ1) is 16.2. The van der Waals surface area contributed by atoms with Gasteiger partial charge in [0.15, 0.2) is 0 Å². The first-order valence-corrected chi connectivity index (χ1v) is 9.14. The molecule has 0 aromatic heterocycles. The Labute approximate surface area is 131 Å². The monoisotopic (exact) mass is 384 g/mol. The van der Waals surface area contributed by atoms with Crippen LogP contribution >= 0.6 is 27.5 Å². The maximum Gasteiger partial charge on any atom is 0.264 e. The van der Waals surface area contributed by atoms with Gasteiger partial charge in [-0.3, -0.25) is 4.18 Å². The Balaban J connectivity index is 2.09. The third kappa shape index (κ3) is 3.93. The molecule has 1 aliphatic heterocycles. The number of rotatable bonds is 5. The summed E-state index contributed by atoms with van der Waals surface area (Å²) in [5.41, 5.74) is 0.806.